The highest BCUT2D eigenvalue weighted by molar-refractivity contribution is 9.13. The Labute approximate surface area is 121 Å². The van der Waals surface area contributed by atoms with Crippen molar-refractivity contribution in [1.82, 2.24) is 5.32 Å². The first-order chi connectivity index (χ1) is 8.19. The molecule has 94 valence electrons. The van der Waals surface area contributed by atoms with E-state index < -0.39 is 0 Å². The van der Waals surface area contributed by atoms with Gasteiger partial charge in [-0.3, -0.25) is 0 Å². The van der Waals surface area contributed by atoms with Crippen LogP contribution >= 0.6 is 31.9 Å². The third-order valence-electron chi connectivity index (χ3n) is 3.39. The fourth-order valence-corrected chi connectivity index (χ4v) is 2.73. The van der Waals surface area contributed by atoms with Crippen molar-refractivity contribution in [3.05, 3.63) is 32.7 Å². The van der Waals surface area contributed by atoms with Gasteiger partial charge in [0.2, 0.25) is 0 Å². The number of hydrogen-bond acceptors (Lipinski definition) is 1. The summed E-state index contributed by atoms with van der Waals surface area (Å²) >= 11 is 7.04. The number of halogens is 2. The van der Waals surface area contributed by atoms with Crippen molar-refractivity contribution in [1.29, 1.82) is 0 Å². The maximum Gasteiger partial charge on any atom is 0.0320 e. The number of benzene rings is 1. The first-order valence-electron chi connectivity index (χ1n) is 6.36. The zero-order chi connectivity index (χ0) is 12.3. The third kappa shape index (κ3) is 4.38. The van der Waals surface area contributed by atoms with Crippen LogP contribution in [-0.4, -0.2) is 6.04 Å². The average Bonchev–Trinajstić information content (AvgIpc) is 3.12. The van der Waals surface area contributed by atoms with Gasteiger partial charge < -0.3 is 5.32 Å². The molecule has 1 nitrogen and oxygen atoms in total. The smallest absolute Gasteiger partial charge is 0.0320 e. The van der Waals surface area contributed by atoms with Crippen LogP contribution in [0.5, 0.6) is 0 Å². The van der Waals surface area contributed by atoms with Crippen molar-refractivity contribution in [3.8, 4) is 0 Å². The quantitative estimate of drug-likeness (QED) is 0.762. The second-order valence-corrected chi connectivity index (χ2v) is 6.62. The van der Waals surface area contributed by atoms with Crippen LogP contribution in [0, 0.1) is 5.92 Å². The van der Waals surface area contributed by atoms with Crippen molar-refractivity contribution < 1.29 is 0 Å². The molecule has 3 heteroatoms. The third-order valence-corrected chi connectivity index (χ3v) is 5.27. The van der Waals surface area contributed by atoms with E-state index in [0.29, 0.717) is 6.04 Å². The maximum absolute atomic E-state index is 3.67. The molecule has 1 aromatic rings. The lowest BCUT2D eigenvalue weighted by molar-refractivity contribution is 0.445. The molecule has 0 radical (unpaired) electrons. The lowest BCUT2D eigenvalue weighted by Crippen LogP contribution is -2.28. The van der Waals surface area contributed by atoms with E-state index in [1.54, 1.807) is 0 Å². The highest BCUT2D eigenvalue weighted by atomic mass is 79.9. The van der Waals surface area contributed by atoms with Crippen LogP contribution in [-0.2, 0) is 6.54 Å². The molecule has 17 heavy (non-hydrogen) atoms. The summed E-state index contributed by atoms with van der Waals surface area (Å²) in [5.41, 5.74) is 1.34. The Morgan fingerprint density at radius 3 is 2.65 bits per heavy atom. The molecular formula is C14H19Br2N. The Morgan fingerprint density at radius 1 is 1.29 bits per heavy atom. The fourth-order valence-electron chi connectivity index (χ4n) is 2.06. The molecule has 0 saturated heterocycles. The van der Waals surface area contributed by atoms with Gasteiger partial charge in [0.25, 0.3) is 0 Å². The van der Waals surface area contributed by atoms with Gasteiger partial charge >= 0.3 is 0 Å². The van der Waals surface area contributed by atoms with E-state index in [0.717, 1.165) is 21.4 Å². The largest absolute Gasteiger partial charge is 0.310 e. The molecule has 1 aliphatic rings. The second kappa shape index (κ2) is 6.35. The summed E-state index contributed by atoms with van der Waals surface area (Å²) in [6.07, 6.45) is 5.48. The van der Waals surface area contributed by atoms with Crippen LogP contribution in [0.2, 0.25) is 0 Å². The maximum atomic E-state index is 3.67. The first kappa shape index (κ1) is 13.6. The van der Waals surface area contributed by atoms with Gasteiger partial charge in [0.15, 0.2) is 0 Å². The van der Waals surface area contributed by atoms with E-state index in [-0.39, 0.29) is 0 Å². The first-order valence-corrected chi connectivity index (χ1v) is 7.95. The van der Waals surface area contributed by atoms with Crippen LogP contribution in [0.1, 0.15) is 38.2 Å². The molecular weight excluding hydrogens is 342 g/mol. The van der Waals surface area contributed by atoms with Gasteiger partial charge in [-0.2, -0.15) is 0 Å². The van der Waals surface area contributed by atoms with Gasteiger partial charge in [-0.25, -0.2) is 0 Å². The summed E-state index contributed by atoms with van der Waals surface area (Å²) in [6, 6.07) is 7.14. The molecule has 1 unspecified atom stereocenters. The van der Waals surface area contributed by atoms with Crippen LogP contribution in [0.15, 0.2) is 27.1 Å². The second-order valence-electron chi connectivity index (χ2n) is 4.91. The Hall–Kier alpha value is 0.140. The zero-order valence-electron chi connectivity index (χ0n) is 10.2. The summed E-state index contributed by atoms with van der Waals surface area (Å²) in [6.45, 7) is 3.24. The predicted octanol–water partition coefficient (Wildman–Crippen LogP) is 4.88. The Balaban J connectivity index is 1.84. The van der Waals surface area contributed by atoms with E-state index in [2.05, 4.69) is 62.3 Å². The standard InChI is InChI=1S/C14H19Br2N/c1-2-12(7-10-3-4-10)17-9-11-5-6-13(15)14(16)8-11/h5-6,8,10,12,17H,2-4,7,9H2,1H3. The Bertz CT molecular complexity index is 374. The molecule has 1 aromatic carbocycles. The molecule has 1 fully saturated rings. The number of hydrogen-bond donors (Lipinski definition) is 1. The molecule has 0 aromatic heterocycles. The Kier molecular flexibility index (Phi) is 5.07. The molecule has 1 atom stereocenters. The molecule has 0 amide bonds. The summed E-state index contributed by atoms with van der Waals surface area (Å²) in [7, 11) is 0. The molecule has 0 bridgehead atoms. The van der Waals surface area contributed by atoms with Crippen molar-refractivity contribution in [2.45, 2.75) is 45.2 Å². The van der Waals surface area contributed by atoms with Gasteiger partial charge in [0.1, 0.15) is 0 Å². The van der Waals surface area contributed by atoms with Gasteiger partial charge in [0, 0.05) is 21.5 Å². The summed E-state index contributed by atoms with van der Waals surface area (Å²) in [5, 5.41) is 3.67. The minimum atomic E-state index is 0.685. The monoisotopic (exact) mass is 359 g/mol. The van der Waals surface area contributed by atoms with Crippen molar-refractivity contribution in [3.63, 3.8) is 0 Å². The van der Waals surface area contributed by atoms with Gasteiger partial charge in [0.05, 0.1) is 0 Å². The number of rotatable bonds is 6. The van der Waals surface area contributed by atoms with E-state index in [1.165, 1.54) is 31.2 Å². The van der Waals surface area contributed by atoms with Gasteiger partial charge in [-0.1, -0.05) is 25.8 Å². The van der Waals surface area contributed by atoms with E-state index in [1.807, 2.05) is 0 Å². The summed E-state index contributed by atoms with van der Waals surface area (Å²) in [5.74, 6) is 1.00. The van der Waals surface area contributed by atoms with Gasteiger partial charge in [-0.05, 0) is 68.3 Å². The van der Waals surface area contributed by atoms with E-state index in [4.69, 9.17) is 0 Å². The fraction of sp³-hybridized carbons (Fsp3) is 0.571. The van der Waals surface area contributed by atoms with Gasteiger partial charge in [-0.15, -0.1) is 0 Å². The minimum Gasteiger partial charge on any atom is -0.310 e. The minimum absolute atomic E-state index is 0.685. The van der Waals surface area contributed by atoms with Crippen molar-refractivity contribution in [2.24, 2.45) is 5.92 Å². The van der Waals surface area contributed by atoms with Crippen LogP contribution in [0.25, 0.3) is 0 Å². The van der Waals surface area contributed by atoms with Crippen LogP contribution in [0.4, 0.5) is 0 Å². The lowest BCUT2D eigenvalue weighted by Gasteiger charge is -2.16. The van der Waals surface area contributed by atoms with Crippen molar-refractivity contribution >= 4 is 31.9 Å². The summed E-state index contributed by atoms with van der Waals surface area (Å²) < 4.78 is 2.25. The van der Waals surface area contributed by atoms with E-state index in [9.17, 15) is 0 Å². The van der Waals surface area contributed by atoms with E-state index >= 15 is 0 Å². The molecule has 1 saturated carbocycles. The molecule has 1 aliphatic carbocycles. The average molecular weight is 361 g/mol. The lowest BCUT2D eigenvalue weighted by atomic mass is 10.1. The number of nitrogens with one attached hydrogen (secondary N) is 1. The normalized spacial score (nSPS) is 17.1. The van der Waals surface area contributed by atoms with Crippen LogP contribution in [0.3, 0.4) is 0 Å². The molecule has 2 rings (SSSR count). The highest BCUT2D eigenvalue weighted by Crippen LogP contribution is 2.34. The molecule has 0 spiro atoms. The van der Waals surface area contributed by atoms with Crippen LogP contribution < -0.4 is 5.32 Å². The van der Waals surface area contributed by atoms with Crippen molar-refractivity contribution in [2.75, 3.05) is 0 Å². The molecule has 0 aliphatic heterocycles. The highest BCUT2D eigenvalue weighted by Gasteiger charge is 2.24. The SMILES string of the molecule is CCC(CC1CC1)NCc1ccc(Br)c(Br)c1. The molecule has 0 heterocycles. The zero-order valence-corrected chi connectivity index (χ0v) is 13.4. The Morgan fingerprint density at radius 2 is 2.06 bits per heavy atom. The predicted molar refractivity (Wildman–Crippen MR) is 80.1 cm³/mol. The topological polar surface area (TPSA) is 12.0 Å². The molecule has 1 N–H and O–H groups in total. The summed E-state index contributed by atoms with van der Waals surface area (Å²) in [4.78, 5) is 0.